The lowest BCUT2D eigenvalue weighted by Gasteiger charge is -2.12. The summed E-state index contributed by atoms with van der Waals surface area (Å²) in [4.78, 5) is 11.6. The predicted octanol–water partition coefficient (Wildman–Crippen LogP) is 13.9. The highest BCUT2D eigenvalue weighted by molar-refractivity contribution is 7.25. The Balaban J connectivity index is 0.952. The smallest absolute Gasteiger partial charge is 0.182 e. The Labute approximate surface area is 343 Å². The van der Waals surface area contributed by atoms with Gasteiger partial charge >= 0.3 is 0 Å². The van der Waals surface area contributed by atoms with E-state index in [1.165, 1.54) is 31.8 Å². The maximum absolute atomic E-state index is 5.49. The summed E-state index contributed by atoms with van der Waals surface area (Å²) in [6.07, 6.45) is 2.07. The van der Waals surface area contributed by atoms with Crippen LogP contribution in [0.15, 0.2) is 200 Å². The van der Waals surface area contributed by atoms with Crippen LogP contribution in [0.5, 0.6) is 0 Å². The van der Waals surface area contributed by atoms with Gasteiger partial charge in [0.25, 0.3) is 0 Å². The predicted molar refractivity (Wildman–Crippen MR) is 245 cm³/mol. The second-order valence-corrected chi connectivity index (χ2v) is 15.9. The van der Waals surface area contributed by atoms with Crippen LogP contribution in [0.4, 0.5) is 0 Å². The van der Waals surface area contributed by atoms with Gasteiger partial charge in [-0.15, -0.1) is 16.4 Å². The first-order chi connectivity index (χ1) is 29.2. The van der Waals surface area contributed by atoms with Crippen molar-refractivity contribution in [1.82, 2.24) is 24.1 Å². The summed E-state index contributed by atoms with van der Waals surface area (Å²) in [6.45, 7) is 0. The quantitative estimate of drug-likeness (QED) is 0.169. The third-order valence-electron chi connectivity index (χ3n) is 11.4. The minimum atomic E-state index is 0.690. The molecule has 0 saturated carbocycles. The summed E-state index contributed by atoms with van der Waals surface area (Å²) in [5.74, 6) is 0.690. The monoisotopic (exact) mass is 771 g/mol. The third-order valence-corrected chi connectivity index (χ3v) is 12.5. The standard InChI is InChI=1S/C53H33N5S/c1-4-14-34(15-5-1)40-32-44(37-16-6-2-7-17-37)52-55-51(56-57(52)33-40)39-30-26-36(27-31-39)35-24-28-38(29-25-35)49-50-47(48-43-21-11-13-23-46(43)59-53(48)54-49)42-20-10-12-22-45(42)58(50)41-18-8-3-9-19-41/h1-33H. The summed E-state index contributed by atoms with van der Waals surface area (Å²) < 4.78 is 5.56. The number of pyridine rings is 2. The van der Waals surface area contributed by atoms with Crippen molar-refractivity contribution in [3.8, 4) is 61.7 Å². The molecular weight excluding hydrogens is 739 g/mol. The molecule has 0 spiro atoms. The van der Waals surface area contributed by atoms with Gasteiger partial charge in [-0.25, -0.2) is 14.5 Å². The summed E-state index contributed by atoms with van der Waals surface area (Å²) in [5, 5.41) is 9.95. The maximum Gasteiger partial charge on any atom is 0.182 e. The van der Waals surface area contributed by atoms with Gasteiger partial charge in [-0.05, 0) is 52.6 Å². The molecule has 0 saturated heterocycles. The molecule has 0 fully saturated rings. The SMILES string of the molecule is c1ccc(-c2cc(-c3ccccc3)c3nc(-c4ccc(-c5ccc(-c6nc7sc8ccccc8c7c7c8ccccc8n(-c8ccccc8)c67)cc5)cc4)nn3c2)cc1. The maximum atomic E-state index is 5.49. The van der Waals surface area contributed by atoms with Crippen molar-refractivity contribution >= 4 is 59.1 Å². The number of thiophene rings is 1. The van der Waals surface area contributed by atoms with Gasteiger partial charge < -0.3 is 4.57 Å². The van der Waals surface area contributed by atoms with Crippen LogP contribution in [-0.4, -0.2) is 24.1 Å². The average molecular weight is 772 g/mol. The molecule has 0 N–H and O–H groups in total. The van der Waals surface area contributed by atoms with E-state index in [2.05, 4.69) is 193 Å². The molecule has 5 heterocycles. The highest BCUT2D eigenvalue weighted by Gasteiger charge is 2.23. The van der Waals surface area contributed by atoms with Crippen LogP contribution in [0.2, 0.25) is 0 Å². The second-order valence-electron chi connectivity index (χ2n) is 14.9. The van der Waals surface area contributed by atoms with E-state index in [0.29, 0.717) is 5.82 Å². The molecule has 12 aromatic rings. The van der Waals surface area contributed by atoms with Crippen LogP contribution >= 0.6 is 11.3 Å². The molecule has 0 radical (unpaired) electrons. The zero-order valence-corrected chi connectivity index (χ0v) is 32.5. The minimum absolute atomic E-state index is 0.690. The van der Waals surface area contributed by atoms with Crippen LogP contribution in [0.25, 0.3) is 109 Å². The van der Waals surface area contributed by atoms with Crippen molar-refractivity contribution < 1.29 is 0 Å². The molecule has 0 aliphatic carbocycles. The van der Waals surface area contributed by atoms with Gasteiger partial charge in [0.1, 0.15) is 4.83 Å². The van der Waals surface area contributed by atoms with E-state index >= 15 is 0 Å². The Hall–Kier alpha value is -7.67. The zero-order chi connectivity index (χ0) is 38.9. The van der Waals surface area contributed by atoms with Crippen LogP contribution in [0.1, 0.15) is 0 Å². The first-order valence-electron chi connectivity index (χ1n) is 19.8. The normalized spacial score (nSPS) is 11.7. The molecule has 5 nitrogen and oxygen atoms in total. The van der Waals surface area contributed by atoms with Gasteiger partial charge in [0.15, 0.2) is 11.5 Å². The topological polar surface area (TPSA) is 48.0 Å². The lowest BCUT2D eigenvalue weighted by Crippen LogP contribution is -1.97. The molecule has 59 heavy (non-hydrogen) atoms. The first-order valence-corrected chi connectivity index (χ1v) is 20.6. The molecule has 0 aliphatic rings. The van der Waals surface area contributed by atoms with E-state index in [4.69, 9.17) is 15.1 Å². The van der Waals surface area contributed by atoms with Crippen LogP contribution in [0, 0.1) is 0 Å². The van der Waals surface area contributed by atoms with Gasteiger partial charge in [0.05, 0.1) is 16.7 Å². The van der Waals surface area contributed by atoms with Crippen LogP contribution in [-0.2, 0) is 0 Å². The summed E-state index contributed by atoms with van der Waals surface area (Å²) in [6, 6.07) is 68.6. The van der Waals surface area contributed by atoms with Crippen molar-refractivity contribution in [2.24, 2.45) is 0 Å². The van der Waals surface area contributed by atoms with Gasteiger partial charge in [-0.1, -0.05) is 164 Å². The Bertz CT molecular complexity index is 3510. The fraction of sp³-hybridized carbons (Fsp3) is 0. The number of benzene rings is 7. The molecule has 7 aromatic carbocycles. The van der Waals surface area contributed by atoms with Gasteiger partial charge in [-0.2, -0.15) is 0 Å². The fourth-order valence-electron chi connectivity index (χ4n) is 8.63. The number of hydrogen-bond acceptors (Lipinski definition) is 4. The van der Waals surface area contributed by atoms with Crippen molar-refractivity contribution in [3.63, 3.8) is 0 Å². The van der Waals surface area contributed by atoms with Crippen LogP contribution < -0.4 is 0 Å². The Morgan fingerprint density at radius 3 is 1.75 bits per heavy atom. The number of aromatic nitrogens is 5. The zero-order valence-electron chi connectivity index (χ0n) is 31.7. The number of para-hydroxylation sites is 2. The molecule has 0 bridgehead atoms. The molecule has 0 aliphatic heterocycles. The van der Waals surface area contributed by atoms with Gasteiger partial charge in [0.2, 0.25) is 0 Å². The van der Waals surface area contributed by atoms with Crippen molar-refractivity contribution in [1.29, 1.82) is 0 Å². The molecule has 0 atom stereocenters. The summed E-state index contributed by atoms with van der Waals surface area (Å²) in [7, 11) is 0. The Morgan fingerprint density at radius 1 is 0.441 bits per heavy atom. The summed E-state index contributed by atoms with van der Waals surface area (Å²) >= 11 is 1.77. The number of rotatable bonds is 6. The first kappa shape index (κ1) is 33.5. The average Bonchev–Trinajstić information content (AvgIpc) is 4.01. The highest BCUT2D eigenvalue weighted by atomic mass is 32.1. The van der Waals surface area contributed by atoms with Gasteiger partial charge in [-0.3, -0.25) is 0 Å². The summed E-state index contributed by atoms with van der Waals surface area (Å²) in [5.41, 5.74) is 13.9. The number of fused-ring (bicyclic) bond motifs is 8. The molecule has 0 amide bonds. The molecule has 12 rings (SSSR count). The van der Waals surface area contributed by atoms with Crippen molar-refractivity contribution in [2.45, 2.75) is 0 Å². The van der Waals surface area contributed by atoms with E-state index in [0.717, 1.165) is 71.9 Å². The molecule has 276 valence electrons. The minimum Gasteiger partial charge on any atom is -0.307 e. The van der Waals surface area contributed by atoms with E-state index in [-0.39, 0.29) is 0 Å². The lowest BCUT2D eigenvalue weighted by atomic mass is 9.99. The largest absolute Gasteiger partial charge is 0.307 e. The molecule has 0 unspecified atom stereocenters. The molecular formula is C53H33N5S. The van der Waals surface area contributed by atoms with E-state index in [1.807, 2.05) is 16.6 Å². The van der Waals surface area contributed by atoms with Crippen molar-refractivity contribution in [3.05, 3.63) is 200 Å². The lowest BCUT2D eigenvalue weighted by molar-refractivity contribution is 0.968. The van der Waals surface area contributed by atoms with E-state index < -0.39 is 0 Å². The molecule has 5 aromatic heterocycles. The number of nitrogens with zero attached hydrogens (tertiary/aromatic N) is 5. The van der Waals surface area contributed by atoms with E-state index in [9.17, 15) is 0 Å². The second kappa shape index (κ2) is 13.5. The third kappa shape index (κ3) is 5.49. The van der Waals surface area contributed by atoms with Gasteiger partial charge in [0, 0.05) is 60.4 Å². The van der Waals surface area contributed by atoms with Crippen molar-refractivity contribution in [2.75, 3.05) is 0 Å². The van der Waals surface area contributed by atoms with E-state index in [1.54, 1.807) is 11.3 Å². The Morgan fingerprint density at radius 2 is 1.02 bits per heavy atom. The van der Waals surface area contributed by atoms with Crippen LogP contribution in [0.3, 0.4) is 0 Å². The highest BCUT2D eigenvalue weighted by Crippen LogP contribution is 2.46. The Kier molecular flexibility index (Phi) is 7.64. The number of hydrogen-bond donors (Lipinski definition) is 0. The molecule has 6 heteroatoms. The fourth-order valence-corrected chi connectivity index (χ4v) is 9.72.